The van der Waals surface area contributed by atoms with Gasteiger partial charge in [0.25, 0.3) is 0 Å². The highest BCUT2D eigenvalue weighted by atomic mass is 35.5. The second-order valence-corrected chi connectivity index (χ2v) is 4.99. The normalized spacial score (nSPS) is 13.8. The third-order valence-corrected chi connectivity index (χ3v) is 3.68. The van der Waals surface area contributed by atoms with Crippen LogP contribution in [0.4, 0.5) is 5.82 Å². The Morgan fingerprint density at radius 3 is 2.28 bits per heavy atom. The summed E-state index contributed by atoms with van der Waals surface area (Å²) in [6, 6.07) is 8.49. The van der Waals surface area contributed by atoms with E-state index in [0.29, 0.717) is 5.15 Å². The van der Waals surface area contributed by atoms with Gasteiger partial charge in [0.05, 0.1) is 0 Å². The zero-order valence-corrected chi connectivity index (χ0v) is 11.2. The number of halogens is 1. The van der Waals surface area contributed by atoms with Gasteiger partial charge in [0.15, 0.2) is 0 Å². The molecule has 3 rings (SSSR count). The van der Waals surface area contributed by atoms with E-state index in [9.17, 15) is 0 Å². The van der Waals surface area contributed by atoms with E-state index < -0.39 is 0 Å². The van der Waals surface area contributed by atoms with Crippen LogP contribution >= 0.6 is 11.6 Å². The predicted molar refractivity (Wildman–Crippen MR) is 72.8 cm³/mol. The third-order valence-electron chi connectivity index (χ3n) is 3.31. The average molecular weight is 260 g/mol. The maximum Gasteiger partial charge on any atom is 0.137 e. The average Bonchev–Trinajstić information content (AvgIpc) is 2.77. The van der Waals surface area contributed by atoms with Crippen molar-refractivity contribution in [2.45, 2.75) is 26.9 Å². The molecule has 2 heterocycles. The highest BCUT2D eigenvalue weighted by Gasteiger charge is 2.22. The molecule has 1 aliphatic rings. The van der Waals surface area contributed by atoms with Gasteiger partial charge in [-0.1, -0.05) is 35.9 Å². The zero-order chi connectivity index (χ0) is 12.7. The molecule has 4 heteroatoms. The maximum atomic E-state index is 6.13. The van der Waals surface area contributed by atoms with E-state index in [1.165, 1.54) is 11.1 Å². The summed E-state index contributed by atoms with van der Waals surface area (Å²) in [4.78, 5) is 11.0. The second kappa shape index (κ2) is 4.25. The lowest BCUT2D eigenvalue weighted by Crippen LogP contribution is -2.18. The Morgan fingerprint density at radius 2 is 1.67 bits per heavy atom. The van der Waals surface area contributed by atoms with Gasteiger partial charge in [-0.3, -0.25) is 0 Å². The quantitative estimate of drug-likeness (QED) is 0.736. The van der Waals surface area contributed by atoms with Gasteiger partial charge in [-0.05, 0) is 25.0 Å². The molecular weight excluding hydrogens is 246 g/mol. The minimum atomic E-state index is 0.549. The van der Waals surface area contributed by atoms with Crippen molar-refractivity contribution in [3.63, 3.8) is 0 Å². The van der Waals surface area contributed by atoms with E-state index in [1.54, 1.807) is 0 Å². The first-order valence-corrected chi connectivity index (χ1v) is 6.35. The van der Waals surface area contributed by atoms with Crippen molar-refractivity contribution in [1.29, 1.82) is 0 Å². The molecule has 0 atom stereocenters. The summed E-state index contributed by atoms with van der Waals surface area (Å²) >= 11 is 6.13. The van der Waals surface area contributed by atoms with Crippen LogP contribution in [-0.4, -0.2) is 9.97 Å². The number of fused-ring (bicyclic) bond motifs is 1. The van der Waals surface area contributed by atoms with Gasteiger partial charge in [-0.2, -0.15) is 0 Å². The third kappa shape index (κ3) is 1.85. The molecule has 0 radical (unpaired) electrons. The van der Waals surface area contributed by atoms with E-state index in [-0.39, 0.29) is 0 Å². The van der Waals surface area contributed by atoms with Crippen LogP contribution in [0, 0.1) is 13.8 Å². The number of hydrogen-bond acceptors (Lipinski definition) is 3. The van der Waals surface area contributed by atoms with Gasteiger partial charge in [-0.15, -0.1) is 0 Å². The van der Waals surface area contributed by atoms with Crippen molar-refractivity contribution in [2.75, 3.05) is 4.90 Å². The Bertz CT molecular complexity index is 585. The Hall–Kier alpha value is -1.61. The minimum Gasteiger partial charge on any atom is -0.348 e. The molecule has 0 bridgehead atoms. The van der Waals surface area contributed by atoms with Crippen molar-refractivity contribution in [3.8, 4) is 0 Å². The zero-order valence-electron chi connectivity index (χ0n) is 10.4. The highest BCUT2D eigenvalue weighted by Crippen LogP contribution is 2.30. The number of aryl methyl sites for hydroxylation is 1. The summed E-state index contributed by atoms with van der Waals surface area (Å²) in [6.07, 6.45) is 0. The monoisotopic (exact) mass is 259 g/mol. The van der Waals surface area contributed by atoms with Crippen LogP contribution in [0.15, 0.2) is 24.3 Å². The maximum absolute atomic E-state index is 6.13. The first-order valence-electron chi connectivity index (χ1n) is 5.97. The number of anilines is 1. The van der Waals surface area contributed by atoms with Crippen molar-refractivity contribution >= 4 is 17.4 Å². The fraction of sp³-hybridized carbons (Fsp3) is 0.286. The standard InChI is InChI=1S/C14H14ClN3/c1-9-13(15)16-10(2)17-14(9)18-7-11-5-3-4-6-12(11)8-18/h3-6H,7-8H2,1-2H3. The Balaban J connectivity index is 2.00. The lowest BCUT2D eigenvalue weighted by atomic mass is 10.1. The van der Waals surface area contributed by atoms with Crippen LogP contribution < -0.4 is 4.90 Å². The largest absolute Gasteiger partial charge is 0.348 e. The number of hydrogen-bond donors (Lipinski definition) is 0. The Morgan fingerprint density at radius 1 is 1.06 bits per heavy atom. The highest BCUT2D eigenvalue weighted by molar-refractivity contribution is 6.30. The summed E-state index contributed by atoms with van der Waals surface area (Å²) in [5, 5.41) is 0.549. The van der Waals surface area contributed by atoms with Crippen molar-refractivity contribution in [1.82, 2.24) is 9.97 Å². The first kappa shape index (κ1) is 11.5. The van der Waals surface area contributed by atoms with Gasteiger partial charge in [0.2, 0.25) is 0 Å². The van der Waals surface area contributed by atoms with Crippen LogP contribution in [-0.2, 0) is 13.1 Å². The summed E-state index contributed by atoms with van der Waals surface area (Å²) in [5.41, 5.74) is 3.68. The van der Waals surface area contributed by atoms with E-state index in [2.05, 4.69) is 39.1 Å². The second-order valence-electron chi connectivity index (χ2n) is 4.64. The molecule has 0 aliphatic carbocycles. The topological polar surface area (TPSA) is 29.0 Å². The molecule has 0 amide bonds. The molecule has 1 aromatic carbocycles. The van der Waals surface area contributed by atoms with Crippen molar-refractivity contribution in [3.05, 3.63) is 51.9 Å². The molecule has 0 saturated carbocycles. The Labute approximate surface area is 111 Å². The molecule has 92 valence electrons. The van der Waals surface area contributed by atoms with Crippen LogP contribution in [0.5, 0.6) is 0 Å². The fourth-order valence-electron chi connectivity index (χ4n) is 2.37. The Kier molecular flexibility index (Phi) is 2.71. The summed E-state index contributed by atoms with van der Waals surface area (Å²) in [7, 11) is 0. The van der Waals surface area contributed by atoms with E-state index >= 15 is 0 Å². The lowest BCUT2D eigenvalue weighted by molar-refractivity contribution is 0.834. The smallest absolute Gasteiger partial charge is 0.137 e. The number of rotatable bonds is 1. The van der Waals surface area contributed by atoms with Crippen LogP contribution in [0.2, 0.25) is 5.15 Å². The minimum absolute atomic E-state index is 0.549. The van der Waals surface area contributed by atoms with Gasteiger partial charge >= 0.3 is 0 Å². The molecule has 2 aromatic rings. The van der Waals surface area contributed by atoms with Gasteiger partial charge < -0.3 is 4.90 Å². The molecule has 0 saturated heterocycles. The number of nitrogens with zero attached hydrogens (tertiary/aromatic N) is 3. The van der Waals surface area contributed by atoms with Gasteiger partial charge in [0.1, 0.15) is 16.8 Å². The van der Waals surface area contributed by atoms with Crippen LogP contribution in [0.25, 0.3) is 0 Å². The molecule has 1 aromatic heterocycles. The van der Waals surface area contributed by atoms with Crippen LogP contribution in [0.3, 0.4) is 0 Å². The SMILES string of the molecule is Cc1nc(Cl)c(C)c(N2Cc3ccccc3C2)n1. The summed E-state index contributed by atoms with van der Waals surface area (Å²) in [6.45, 7) is 5.63. The van der Waals surface area contributed by atoms with E-state index in [1.807, 2.05) is 13.8 Å². The molecule has 3 nitrogen and oxygen atoms in total. The molecule has 1 aliphatic heterocycles. The molecule has 0 N–H and O–H groups in total. The van der Waals surface area contributed by atoms with Crippen LogP contribution in [0.1, 0.15) is 22.5 Å². The summed E-state index contributed by atoms with van der Waals surface area (Å²) < 4.78 is 0. The lowest BCUT2D eigenvalue weighted by Gasteiger charge is -2.19. The van der Waals surface area contributed by atoms with Crippen molar-refractivity contribution in [2.24, 2.45) is 0 Å². The predicted octanol–water partition coefficient (Wildman–Crippen LogP) is 3.27. The number of benzene rings is 1. The molecule has 0 unspecified atom stereocenters. The van der Waals surface area contributed by atoms with Gasteiger partial charge in [-0.25, -0.2) is 9.97 Å². The fourth-order valence-corrected chi connectivity index (χ4v) is 2.58. The molecular formula is C14H14ClN3. The molecule has 0 fully saturated rings. The first-order chi connectivity index (χ1) is 8.65. The van der Waals surface area contributed by atoms with E-state index in [0.717, 1.165) is 30.3 Å². The summed E-state index contributed by atoms with van der Waals surface area (Å²) in [5.74, 6) is 1.67. The molecule has 18 heavy (non-hydrogen) atoms. The van der Waals surface area contributed by atoms with E-state index in [4.69, 9.17) is 11.6 Å². The van der Waals surface area contributed by atoms with Crippen molar-refractivity contribution < 1.29 is 0 Å². The number of aromatic nitrogens is 2. The molecule has 0 spiro atoms. The van der Waals surface area contributed by atoms with Gasteiger partial charge in [0, 0.05) is 18.7 Å².